The molecular formula is C19H32O. The van der Waals surface area contributed by atoms with E-state index >= 15 is 0 Å². The second kappa shape index (κ2) is 8.34. The zero-order valence-corrected chi connectivity index (χ0v) is 13.8. The van der Waals surface area contributed by atoms with E-state index < -0.39 is 0 Å². The fourth-order valence-corrected chi connectivity index (χ4v) is 2.67. The lowest BCUT2D eigenvalue weighted by Crippen LogP contribution is -2.11. The lowest BCUT2D eigenvalue weighted by Gasteiger charge is -2.21. The molecule has 0 saturated heterocycles. The van der Waals surface area contributed by atoms with E-state index in [0.29, 0.717) is 5.75 Å². The van der Waals surface area contributed by atoms with Gasteiger partial charge in [-0.2, -0.15) is 0 Å². The number of phenolic OH excluding ortho intramolecular Hbond substituents is 1. The summed E-state index contributed by atoms with van der Waals surface area (Å²) < 4.78 is 0. The van der Waals surface area contributed by atoms with Crippen molar-refractivity contribution in [3.8, 4) is 5.75 Å². The highest BCUT2D eigenvalue weighted by molar-refractivity contribution is 5.44. The molecule has 0 aromatic heterocycles. The molecule has 1 rings (SSSR count). The van der Waals surface area contributed by atoms with Crippen molar-refractivity contribution in [2.45, 2.75) is 84.5 Å². The highest BCUT2D eigenvalue weighted by atomic mass is 16.3. The van der Waals surface area contributed by atoms with Crippen LogP contribution in [0.5, 0.6) is 5.75 Å². The van der Waals surface area contributed by atoms with E-state index in [1.54, 1.807) is 0 Å². The number of hydrogen-bond donors (Lipinski definition) is 1. The van der Waals surface area contributed by atoms with E-state index in [-0.39, 0.29) is 5.41 Å². The van der Waals surface area contributed by atoms with Crippen LogP contribution in [0.1, 0.15) is 83.8 Å². The molecule has 1 heteroatoms. The normalized spacial score (nSPS) is 11.8. The fraction of sp³-hybridized carbons (Fsp3) is 0.684. The first-order chi connectivity index (χ1) is 9.46. The van der Waals surface area contributed by atoms with Crippen LogP contribution in [-0.4, -0.2) is 5.11 Å². The quantitative estimate of drug-likeness (QED) is 0.579. The molecule has 0 saturated carbocycles. The maximum absolute atomic E-state index is 10.4. The number of unbranched alkanes of at least 4 members (excludes halogenated alkanes) is 6. The summed E-state index contributed by atoms with van der Waals surface area (Å²) in [6.45, 7) is 8.71. The lowest BCUT2D eigenvalue weighted by atomic mass is 9.84. The molecule has 0 aliphatic rings. The Kier molecular flexibility index (Phi) is 7.12. The Labute approximate surface area is 125 Å². The fourth-order valence-electron chi connectivity index (χ4n) is 2.67. The van der Waals surface area contributed by atoms with E-state index in [1.165, 1.54) is 44.9 Å². The van der Waals surface area contributed by atoms with Gasteiger partial charge in [-0.05, 0) is 29.4 Å². The van der Waals surface area contributed by atoms with Crippen molar-refractivity contribution in [3.05, 3.63) is 29.3 Å². The van der Waals surface area contributed by atoms with Gasteiger partial charge in [-0.1, -0.05) is 84.4 Å². The van der Waals surface area contributed by atoms with Gasteiger partial charge in [-0.15, -0.1) is 0 Å². The number of phenols is 1. The Morgan fingerprint density at radius 3 is 2.10 bits per heavy atom. The minimum absolute atomic E-state index is 0.0141. The first-order valence-corrected chi connectivity index (χ1v) is 8.28. The van der Waals surface area contributed by atoms with Crippen molar-refractivity contribution in [1.29, 1.82) is 0 Å². The highest BCUT2D eigenvalue weighted by Gasteiger charge is 2.19. The molecule has 0 bridgehead atoms. The molecule has 0 aliphatic heterocycles. The zero-order chi connectivity index (χ0) is 15.0. The molecule has 0 radical (unpaired) electrons. The van der Waals surface area contributed by atoms with E-state index in [0.717, 1.165) is 17.5 Å². The van der Waals surface area contributed by atoms with Gasteiger partial charge in [0.2, 0.25) is 0 Å². The Bertz CT molecular complexity index is 387. The number of aromatic hydroxyl groups is 1. The van der Waals surface area contributed by atoms with E-state index in [4.69, 9.17) is 0 Å². The summed E-state index contributed by atoms with van der Waals surface area (Å²) in [6.07, 6.45) is 10.2. The largest absolute Gasteiger partial charge is 0.507 e. The summed E-state index contributed by atoms with van der Waals surface area (Å²) in [4.78, 5) is 0. The zero-order valence-electron chi connectivity index (χ0n) is 13.8. The van der Waals surface area contributed by atoms with Gasteiger partial charge in [-0.25, -0.2) is 0 Å². The number of para-hydroxylation sites is 1. The maximum Gasteiger partial charge on any atom is 0.122 e. The number of hydrogen-bond acceptors (Lipinski definition) is 1. The van der Waals surface area contributed by atoms with Crippen LogP contribution in [0.2, 0.25) is 0 Å². The smallest absolute Gasteiger partial charge is 0.122 e. The van der Waals surface area contributed by atoms with Gasteiger partial charge >= 0.3 is 0 Å². The minimum atomic E-state index is 0.0141. The molecule has 114 valence electrons. The van der Waals surface area contributed by atoms with Crippen LogP contribution in [0, 0.1) is 0 Å². The topological polar surface area (TPSA) is 20.2 Å². The summed E-state index contributed by atoms with van der Waals surface area (Å²) in [7, 11) is 0. The third kappa shape index (κ3) is 5.56. The van der Waals surface area contributed by atoms with Crippen molar-refractivity contribution in [2.24, 2.45) is 0 Å². The number of aryl methyl sites for hydroxylation is 1. The lowest BCUT2D eigenvalue weighted by molar-refractivity contribution is 0.438. The third-order valence-electron chi connectivity index (χ3n) is 3.98. The molecule has 1 N–H and O–H groups in total. The van der Waals surface area contributed by atoms with Gasteiger partial charge in [0.05, 0.1) is 0 Å². The van der Waals surface area contributed by atoms with Gasteiger partial charge < -0.3 is 5.11 Å². The first-order valence-electron chi connectivity index (χ1n) is 8.28. The predicted octanol–water partition coefficient (Wildman–Crippen LogP) is 5.98. The van der Waals surface area contributed by atoms with Crippen molar-refractivity contribution in [2.75, 3.05) is 0 Å². The van der Waals surface area contributed by atoms with Crippen molar-refractivity contribution in [3.63, 3.8) is 0 Å². The molecule has 0 fully saturated rings. The molecule has 0 spiro atoms. The maximum atomic E-state index is 10.4. The van der Waals surface area contributed by atoms with Crippen LogP contribution in [-0.2, 0) is 11.8 Å². The molecule has 0 heterocycles. The molecule has 1 aromatic carbocycles. The SMILES string of the molecule is CCCCCCCCCc1cccc(C(C)(C)C)c1O. The van der Waals surface area contributed by atoms with Gasteiger partial charge in [0.25, 0.3) is 0 Å². The van der Waals surface area contributed by atoms with E-state index in [2.05, 4.69) is 39.8 Å². The molecule has 20 heavy (non-hydrogen) atoms. The third-order valence-corrected chi connectivity index (χ3v) is 3.98. The molecule has 0 unspecified atom stereocenters. The summed E-state index contributed by atoms with van der Waals surface area (Å²) in [5.41, 5.74) is 2.20. The van der Waals surface area contributed by atoms with Gasteiger partial charge in [-0.3, -0.25) is 0 Å². The Morgan fingerprint density at radius 1 is 0.900 bits per heavy atom. The van der Waals surface area contributed by atoms with Gasteiger partial charge in [0.1, 0.15) is 5.75 Å². The summed E-state index contributed by atoms with van der Waals surface area (Å²) in [6, 6.07) is 6.20. The van der Waals surface area contributed by atoms with Crippen LogP contribution >= 0.6 is 0 Å². The monoisotopic (exact) mass is 276 g/mol. The standard InChI is InChI=1S/C19H32O/c1-5-6-7-8-9-10-11-13-16-14-12-15-17(18(16)20)19(2,3)4/h12,14-15,20H,5-11,13H2,1-4H3. The molecule has 0 aliphatic carbocycles. The number of benzene rings is 1. The van der Waals surface area contributed by atoms with Crippen LogP contribution in [0.3, 0.4) is 0 Å². The second-order valence-corrected chi connectivity index (χ2v) is 6.93. The average Bonchev–Trinajstić information content (AvgIpc) is 2.38. The molecule has 1 nitrogen and oxygen atoms in total. The molecule has 0 amide bonds. The van der Waals surface area contributed by atoms with Gasteiger partial charge in [0.15, 0.2) is 0 Å². The second-order valence-electron chi connectivity index (χ2n) is 6.93. The van der Waals surface area contributed by atoms with Crippen LogP contribution in [0.25, 0.3) is 0 Å². The van der Waals surface area contributed by atoms with E-state index in [1.807, 2.05) is 6.07 Å². The number of rotatable bonds is 8. The first kappa shape index (κ1) is 17.1. The molecular weight excluding hydrogens is 244 g/mol. The molecule has 0 atom stereocenters. The predicted molar refractivity (Wildman–Crippen MR) is 88.5 cm³/mol. The molecule has 1 aromatic rings. The Hall–Kier alpha value is -0.980. The van der Waals surface area contributed by atoms with Crippen LogP contribution in [0.15, 0.2) is 18.2 Å². The average molecular weight is 276 g/mol. The summed E-state index contributed by atoms with van der Waals surface area (Å²) >= 11 is 0. The highest BCUT2D eigenvalue weighted by Crippen LogP contribution is 2.33. The minimum Gasteiger partial charge on any atom is -0.507 e. The summed E-state index contributed by atoms with van der Waals surface area (Å²) in [5, 5.41) is 10.4. The van der Waals surface area contributed by atoms with Crippen LogP contribution < -0.4 is 0 Å². The Balaban J connectivity index is 2.41. The van der Waals surface area contributed by atoms with Crippen molar-refractivity contribution >= 4 is 0 Å². The summed E-state index contributed by atoms with van der Waals surface area (Å²) in [5.74, 6) is 0.519. The van der Waals surface area contributed by atoms with Crippen LogP contribution in [0.4, 0.5) is 0 Å². The van der Waals surface area contributed by atoms with E-state index in [9.17, 15) is 5.11 Å². The Morgan fingerprint density at radius 2 is 1.50 bits per heavy atom. The van der Waals surface area contributed by atoms with Crippen molar-refractivity contribution in [1.82, 2.24) is 0 Å². The van der Waals surface area contributed by atoms with Gasteiger partial charge in [0, 0.05) is 0 Å². The van der Waals surface area contributed by atoms with Crippen molar-refractivity contribution < 1.29 is 5.11 Å².